The molecule has 0 saturated carbocycles. The summed E-state index contributed by atoms with van der Waals surface area (Å²) in [4.78, 5) is 11.2. The molecule has 0 aliphatic rings. The van der Waals surface area contributed by atoms with Gasteiger partial charge in [-0.05, 0) is 6.42 Å². The molecule has 3 heteroatoms. The van der Waals surface area contributed by atoms with Crippen molar-refractivity contribution in [3.8, 4) is 0 Å². The summed E-state index contributed by atoms with van der Waals surface area (Å²) >= 11 is 0. The maximum absolute atomic E-state index is 11.2. The van der Waals surface area contributed by atoms with Crippen LogP contribution >= 0.6 is 0 Å². The quantitative estimate of drug-likeness (QED) is 0.456. The van der Waals surface area contributed by atoms with Gasteiger partial charge >= 0.3 is 5.97 Å². The standard InChI is InChI=1S/C8H14O2Si/c1-4-8(5-2,6-3)7(9)10-11/h4-5H,1-2,6H2,3,11H3. The van der Waals surface area contributed by atoms with Crippen molar-refractivity contribution in [2.24, 2.45) is 5.41 Å². The average Bonchev–Trinajstić information content (AvgIpc) is 2.08. The lowest BCUT2D eigenvalue weighted by Crippen LogP contribution is -2.27. The Morgan fingerprint density at radius 2 is 2.09 bits per heavy atom. The van der Waals surface area contributed by atoms with Gasteiger partial charge in [-0.2, -0.15) is 0 Å². The summed E-state index contributed by atoms with van der Waals surface area (Å²) < 4.78 is 4.75. The molecule has 0 heterocycles. The van der Waals surface area contributed by atoms with Crippen molar-refractivity contribution in [2.45, 2.75) is 13.3 Å². The predicted octanol–water partition coefficient (Wildman–Crippen LogP) is 0.578. The second kappa shape index (κ2) is 4.13. The molecule has 0 atom stereocenters. The fourth-order valence-electron chi connectivity index (χ4n) is 0.873. The monoisotopic (exact) mass is 170 g/mol. The molecule has 0 aromatic carbocycles. The van der Waals surface area contributed by atoms with E-state index in [1.807, 2.05) is 6.92 Å². The Labute approximate surface area is 70.5 Å². The Balaban J connectivity index is 4.67. The molecule has 11 heavy (non-hydrogen) atoms. The van der Waals surface area contributed by atoms with Crippen LogP contribution in [0.2, 0.25) is 0 Å². The van der Waals surface area contributed by atoms with Crippen molar-refractivity contribution in [3.05, 3.63) is 25.3 Å². The Morgan fingerprint density at radius 3 is 2.18 bits per heavy atom. The number of carbonyl (C=O) groups excluding carboxylic acids is 1. The van der Waals surface area contributed by atoms with E-state index in [-0.39, 0.29) is 5.97 Å². The zero-order valence-electron chi connectivity index (χ0n) is 7.09. The molecular weight excluding hydrogens is 156 g/mol. The highest BCUT2D eigenvalue weighted by atomic mass is 28.2. The highest BCUT2D eigenvalue weighted by Gasteiger charge is 2.30. The first-order chi connectivity index (χ1) is 5.16. The van der Waals surface area contributed by atoms with Gasteiger partial charge in [-0.25, -0.2) is 0 Å². The average molecular weight is 170 g/mol. The number of hydrogen-bond acceptors (Lipinski definition) is 2. The van der Waals surface area contributed by atoms with Gasteiger partial charge in [-0.3, -0.25) is 4.79 Å². The van der Waals surface area contributed by atoms with Gasteiger partial charge in [0.05, 0.1) is 0 Å². The molecule has 0 aromatic heterocycles. The lowest BCUT2D eigenvalue weighted by atomic mass is 9.86. The van der Waals surface area contributed by atoms with Crippen LogP contribution in [0.3, 0.4) is 0 Å². The first kappa shape index (κ1) is 10.2. The van der Waals surface area contributed by atoms with Crippen LogP contribution in [0.25, 0.3) is 0 Å². The molecule has 0 aliphatic heterocycles. The SMILES string of the molecule is C=CC(C=C)(CC)C(=O)O[SiH3]. The van der Waals surface area contributed by atoms with Crippen LogP contribution in [0.4, 0.5) is 0 Å². The zero-order chi connectivity index (χ0) is 8.91. The largest absolute Gasteiger partial charge is 0.528 e. The zero-order valence-corrected chi connectivity index (χ0v) is 9.09. The summed E-state index contributed by atoms with van der Waals surface area (Å²) in [5.41, 5.74) is -0.665. The highest BCUT2D eigenvalue weighted by Crippen LogP contribution is 2.25. The normalized spacial score (nSPS) is 10.6. The molecular formula is C8H14O2Si. The maximum Gasteiger partial charge on any atom is 0.305 e. The minimum Gasteiger partial charge on any atom is -0.528 e. The molecule has 0 spiro atoms. The van der Waals surface area contributed by atoms with Crippen molar-refractivity contribution in [2.75, 3.05) is 0 Å². The van der Waals surface area contributed by atoms with Gasteiger partial charge in [-0.1, -0.05) is 19.1 Å². The van der Waals surface area contributed by atoms with E-state index in [0.29, 0.717) is 16.9 Å². The molecule has 0 N–H and O–H groups in total. The van der Waals surface area contributed by atoms with Gasteiger partial charge in [0.15, 0.2) is 0 Å². The smallest absolute Gasteiger partial charge is 0.305 e. The van der Waals surface area contributed by atoms with Gasteiger partial charge in [0.2, 0.25) is 10.5 Å². The van der Waals surface area contributed by atoms with E-state index in [9.17, 15) is 4.79 Å². The van der Waals surface area contributed by atoms with E-state index in [0.717, 1.165) is 0 Å². The van der Waals surface area contributed by atoms with Crippen LogP contribution in [-0.2, 0) is 9.22 Å². The van der Waals surface area contributed by atoms with Crippen LogP contribution in [0, 0.1) is 5.41 Å². The van der Waals surface area contributed by atoms with Crippen LogP contribution in [0.1, 0.15) is 13.3 Å². The molecule has 0 unspecified atom stereocenters. The predicted molar refractivity (Wildman–Crippen MR) is 49.1 cm³/mol. The Hall–Kier alpha value is -0.833. The summed E-state index contributed by atoms with van der Waals surface area (Å²) in [5.74, 6) is -0.239. The van der Waals surface area contributed by atoms with Crippen LogP contribution in [0.15, 0.2) is 25.3 Å². The van der Waals surface area contributed by atoms with Gasteiger partial charge in [0.25, 0.3) is 0 Å². The molecule has 0 amide bonds. The topological polar surface area (TPSA) is 26.3 Å². The van der Waals surface area contributed by atoms with E-state index in [1.54, 1.807) is 12.2 Å². The summed E-state index contributed by atoms with van der Waals surface area (Å²) in [6.07, 6.45) is 3.82. The van der Waals surface area contributed by atoms with Gasteiger partial charge < -0.3 is 4.43 Å². The third-order valence-corrected chi connectivity index (χ3v) is 2.25. The minimum atomic E-state index is -0.665. The molecule has 0 rings (SSSR count). The summed E-state index contributed by atoms with van der Waals surface area (Å²) in [6.45, 7) is 9.08. The summed E-state index contributed by atoms with van der Waals surface area (Å²) in [5, 5.41) is 0. The highest BCUT2D eigenvalue weighted by molar-refractivity contribution is 6.07. The molecule has 62 valence electrons. The number of carbonyl (C=O) groups is 1. The summed E-state index contributed by atoms with van der Waals surface area (Å²) in [6, 6.07) is 0. The number of hydrogen-bond donors (Lipinski definition) is 0. The van der Waals surface area contributed by atoms with Crippen molar-refractivity contribution < 1.29 is 9.22 Å². The molecule has 2 nitrogen and oxygen atoms in total. The van der Waals surface area contributed by atoms with Crippen molar-refractivity contribution in [1.82, 2.24) is 0 Å². The molecule has 0 bridgehead atoms. The third kappa shape index (κ3) is 1.80. The van der Waals surface area contributed by atoms with Crippen LogP contribution in [-0.4, -0.2) is 16.5 Å². The molecule has 0 aliphatic carbocycles. The summed E-state index contributed by atoms with van der Waals surface area (Å²) in [7, 11) is 0.422. The molecule has 0 fully saturated rings. The van der Waals surface area contributed by atoms with E-state index >= 15 is 0 Å². The Bertz CT molecular complexity index is 167. The van der Waals surface area contributed by atoms with E-state index in [4.69, 9.17) is 4.43 Å². The second-order valence-corrected chi connectivity index (χ2v) is 2.70. The van der Waals surface area contributed by atoms with Crippen LogP contribution in [0.5, 0.6) is 0 Å². The van der Waals surface area contributed by atoms with Crippen LogP contribution < -0.4 is 0 Å². The van der Waals surface area contributed by atoms with Crippen molar-refractivity contribution in [3.63, 3.8) is 0 Å². The van der Waals surface area contributed by atoms with E-state index in [1.165, 1.54) is 0 Å². The lowest BCUT2D eigenvalue weighted by molar-refractivity contribution is -0.140. The first-order valence-corrected chi connectivity index (χ1v) is 4.34. The molecule has 0 saturated heterocycles. The van der Waals surface area contributed by atoms with Gasteiger partial charge in [0.1, 0.15) is 5.41 Å². The van der Waals surface area contributed by atoms with Crippen molar-refractivity contribution >= 4 is 16.5 Å². The maximum atomic E-state index is 11.2. The first-order valence-electron chi connectivity index (χ1n) is 3.52. The molecule has 0 radical (unpaired) electrons. The van der Waals surface area contributed by atoms with Gasteiger partial charge in [0, 0.05) is 0 Å². The van der Waals surface area contributed by atoms with Crippen molar-refractivity contribution in [1.29, 1.82) is 0 Å². The minimum absolute atomic E-state index is 0.239. The molecule has 0 aromatic rings. The fourth-order valence-corrected chi connectivity index (χ4v) is 1.25. The van der Waals surface area contributed by atoms with E-state index in [2.05, 4.69) is 13.2 Å². The lowest BCUT2D eigenvalue weighted by Gasteiger charge is -2.21. The van der Waals surface area contributed by atoms with Gasteiger partial charge in [-0.15, -0.1) is 13.2 Å². The Morgan fingerprint density at radius 1 is 1.64 bits per heavy atom. The van der Waals surface area contributed by atoms with E-state index < -0.39 is 5.41 Å². The number of rotatable bonds is 4. The second-order valence-electron chi connectivity index (χ2n) is 2.29. The fraction of sp³-hybridized carbons (Fsp3) is 0.375. The third-order valence-electron chi connectivity index (χ3n) is 1.88. The Kier molecular flexibility index (Phi) is 3.82.